The number of hydrogen-bond donors (Lipinski definition) is 1. The van der Waals surface area contributed by atoms with Crippen LogP contribution in [0.25, 0.3) is 11.0 Å². The highest BCUT2D eigenvalue weighted by molar-refractivity contribution is 5.78. The van der Waals surface area contributed by atoms with Crippen molar-refractivity contribution in [1.29, 1.82) is 0 Å². The number of halogens is 1. The van der Waals surface area contributed by atoms with Gasteiger partial charge in [0.25, 0.3) is 0 Å². The Morgan fingerprint density at radius 1 is 1.42 bits per heavy atom. The van der Waals surface area contributed by atoms with Crippen LogP contribution in [-0.2, 0) is 0 Å². The summed E-state index contributed by atoms with van der Waals surface area (Å²) in [6.45, 7) is 3.37. The van der Waals surface area contributed by atoms with E-state index in [1.54, 1.807) is 20.0 Å². The predicted octanol–water partition coefficient (Wildman–Crippen LogP) is 1.71. The summed E-state index contributed by atoms with van der Waals surface area (Å²) in [6.07, 6.45) is 1.58. The SMILES string of the molecule is Cc1nc2[nH]ncc2c(C)c1F. The Morgan fingerprint density at radius 3 is 2.92 bits per heavy atom. The average Bonchev–Trinajstić information content (AvgIpc) is 2.48. The summed E-state index contributed by atoms with van der Waals surface area (Å²) >= 11 is 0. The summed E-state index contributed by atoms with van der Waals surface area (Å²) in [5.74, 6) is -0.246. The van der Waals surface area contributed by atoms with Gasteiger partial charge in [-0.1, -0.05) is 0 Å². The Bertz CT molecular complexity index is 433. The van der Waals surface area contributed by atoms with Crippen LogP contribution < -0.4 is 0 Å². The summed E-state index contributed by atoms with van der Waals surface area (Å²) in [5, 5.41) is 7.24. The lowest BCUT2D eigenvalue weighted by Gasteiger charge is -1.99. The first-order valence-electron chi connectivity index (χ1n) is 3.66. The zero-order valence-corrected chi connectivity index (χ0v) is 6.85. The highest BCUT2D eigenvalue weighted by Crippen LogP contribution is 2.18. The van der Waals surface area contributed by atoms with Crippen LogP contribution in [0.1, 0.15) is 11.3 Å². The van der Waals surface area contributed by atoms with E-state index >= 15 is 0 Å². The molecule has 2 aromatic heterocycles. The largest absolute Gasteiger partial charge is 0.261 e. The lowest BCUT2D eigenvalue weighted by molar-refractivity contribution is 0.604. The first-order chi connectivity index (χ1) is 5.70. The maximum atomic E-state index is 13.2. The zero-order chi connectivity index (χ0) is 8.72. The Hall–Kier alpha value is -1.45. The van der Waals surface area contributed by atoms with E-state index in [-0.39, 0.29) is 5.82 Å². The van der Waals surface area contributed by atoms with E-state index in [9.17, 15) is 4.39 Å². The molecule has 0 saturated heterocycles. The van der Waals surface area contributed by atoms with Gasteiger partial charge < -0.3 is 0 Å². The molecule has 62 valence electrons. The molecule has 0 fully saturated rings. The number of rotatable bonds is 0. The fourth-order valence-corrected chi connectivity index (χ4v) is 1.25. The molecule has 0 aliphatic carbocycles. The van der Waals surface area contributed by atoms with E-state index in [1.807, 2.05) is 0 Å². The van der Waals surface area contributed by atoms with Crippen molar-refractivity contribution in [3.63, 3.8) is 0 Å². The van der Waals surface area contributed by atoms with Crippen LogP contribution in [0.4, 0.5) is 4.39 Å². The Kier molecular flexibility index (Phi) is 1.36. The predicted molar refractivity (Wildman–Crippen MR) is 43.3 cm³/mol. The molecule has 0 saturated carbocycles. The Balaban J connectivity index is 2.94. The van der Waals surface area contributed by atoms with Gasteiger partial charge in [0, 0.05) is 5.39 Å². The van der Waals surface area contributed by atoms with E-state index in [4.69, 9.17) is 0 Å². The van der Waals surface area contributed by atoms with E-state index in [2.05, 4.69) is 15.2 Å². The van der Waals surface area contributed by atoms with E-state index in [1.165, 1.54) is 0 Å². The minimum Gasteiger partial charge on any atom is -0.261 e. The minimum atomic E-state index is -0.246. The quantitative estimate of drug-likeness (QED) is 0.645. The van der Waals surface area contributed by atoms with Crippen molar-refractivity contribution in [2.45, 2.75) is 13.8 Å². The van der Waals surface area contributed by atoms with E-state index in [0.29, 0.717) is 16.9 Å². The van der Waals surface area contributed by atoms with Crippen LogP contribution in [0, 0.1) is 19.7 Å². The number of aromatic nitrogens is 3. The number of fused-ring (bicyclic) bond motifs is 1. The summed E-state index contributed by atoms with van der Waals surface area (Å²) in [4.78, 5) is 4.00. The lowest BCUT2D eigenvalue weighted by Crippen LogP contribution is -1.92. The number of aromatic amines is 1. The second kappa shape index (κ2) is 2.27. The number of nitrogens with zero attached hydrogens (tertiary/aromatic N) is 2. The van der Waals surface area contributed by atoms with Crippen LogP contribution in [0.5, 0.6) is 0 Å². The van der Waals surface area contributed by atoms with Crippen molar-refractivity contribution in [3.8, 4) is 0 Å². The number of nitrogens with one attached hydrogen (secondary N) is 1. The smallest absolute Gasteiger partial charge is 0.155 e. The maximum absolute atomic E-state index is 13.2. The van der Waals surface area contributed by atoms with Gasteiger partial charge in [0.2, 0.25) is 0 Å². The second-order valence-corrected chi connectivity index (χ2v) is 2.77. The molecule has 0 atom stereocenters. The molecule has 2 heterocycles. The topological polar surface area (TPSA) is 41.6 Å². The second-order valence-electron chi connectivity index (χ2n) is 2.77. The highest BCUT2D eigenvalue weighted by Gasteiger charge is 2.08. The van der Waals surface area contributed by atoms with E-state index < -0.39 is 0 Å². The molecule has 12 heavy (non-hydrogen) atoms. The first-order valence-corrected chi connectivity index (χ1v) is 3.66. The Labute approximate surface area is 68.6 Å². The molecule has 0 aliphatic heterocycles. The van der Waals surface area contributed by atoms with Gasteiger partial charge in [-0.2, -0.15) is 5.10 Å². The third-order valence-electron chi connectivity index (χ3n) is 1.95. The molecule has 0 spiro atoms. The molecule has 0 bridgehead atoms. The van der Waals surface area contributed by atoms with Gasteiger partial charge in [-0.3, -0.25) is 5.10 Å². The van der Waals surface area contributed by atoms with Crippen molar-refractivity contribution in [2.75, 3.05) is 0 Å². The molecule has 3 nitrogen and oxygen atoms in total. The van der Waals surface area contributed by atoms with Crippen LogP contribution in [0.15, 0.2) is 6.20 Å². The zero-order valence-electron chi connectivity index (χ0n) is 6.85. The minimum absolute atomic E-state index is 0.246. The lowest BCUT2D eigenvalue weighted by atomic mass is 10.2. The average molecular weight is 165 g/mol. The van der Waals surface area contributed by atoms with Crippen LogP contribution in [-0.4, -0.2) is 15.2 Å². The molecule has 0 aromatic carbocycles. The highest BCUT2D eigenvalue weighted by atomic mass is 19.1. The summed E-state index contributed by atoms with van der Waals surface area (Å²) < 4.78 is 13.2. The fourth-order valence-electron chi connectivity index (χ4n) is 1.25. The van der Waals surface area contributed by atoms with Crippen LogP contribution >= 0.6 is 0 Å². The van der Waals surface area contributed by atoms with E-state index in [0.717, 1.165) is 5.39 Å². The number of H-pyrrole nitrogens is 1. The standard InChI is InChI=1S/C8H8FN3/c1-4-6-3-10-12-8(6)11-5(2)7(4)9/h3H,1-2H3,(H,10,11,12). The molecule has 0 aliphatic rings. The molecule has 1 N–H and O–H groups in total. The molecule has 2 aromatic rings. The van der Waals surface area contributed by atoms with Gasteiger partial charge in [-0.05, 0) is 19.4 Å². The number of hydrogen-bond acceptors (Lipinski definition) is 2. The third-order valence-corrected chi connectivity index (χ3v) is 1.95. The summed E-state index contributed by atoms with van der Waals surface area (Å²) in [7, 11) is 0. The van der Waals surface area contributed by atoms with Crippen molar-refractivity contribution in [3.05, 3.63) is 23.3 Å². The van der Waals surface area contributed by atoms with Gasteiger partial charge in [-0.15, -0.1) is 0 Å². The molecular weight excluding hydrogens is 157 g/mol. The molecule has 0 radical (unpaired) electrons. The van der Waals surface area contributed by atoms with Crippen molar-refractivity contribution < 1.29 is 4.39 Å². The van der Waals surface area contributed by atoms with Crippen molar-refractivity contribution >= 4 is 11.0 Å². The Morgan fingerprint density at radius 2 is 2.17 bits per heavy atom. The van der Waals surface area contributed by atoms with Gasteiger partial charge in [0.05, 0.1) is 11.9 Å². The summed E-state index contributed by atoms with van der Waals surface area (Å²) in [6, 6.07) is 0. The van der Waals surface area contributed by atoms with Gasteiger partial charge in [-0.25, -0.2) is 9.37 Å². The number of aryl methyl sites for hydroxylation is 2. The molecular formula is C8H8FN3. The molecule has 4 heteroatoms. The monoisotopic (exact) mass is 165 g/mol. The normalized spacial score (nSPS) is 10.9. The van der Waals surface area contributed by atoms with Gasteiger partial charge in [0.15, 0.2) is 5.65 Å². The molecule has 0 amide bonds. The fraction of sp³-hybridized carbons (Fsp3) is 0.250. The summed E-state index contributed by atoms with van der Waals surface area (Å²) in [5.41, 5.74) is 1.65. The first kappa shape index (κ1) is 7.21. The molecule has 0 unspecified atom stereocenters. The van der Waals surface area contributed by atoms with Crippen molar-refractivity contribution in [2.24, 2.45) is 0 Å². The van der Waals surface area contributed by atoms with Crippen LogP contribution in [0.2, 0.25) is 0 Å². The molecule has 2 rings (SSSR count). The van der Waals surface area contributed by atoms with Crippen molar-refractivity contribution in [1.82, 2.24) is 15.2 Å². The van der Waals surface area contributed by atoms with Crippen LogP contribution in [0.3, 0.4) is 0 Å². The maximum Gasteiger partial charge on any atom is 0.155 e. The van der Waals surface area contributed by atoms with Gasteiger partial charge >= 0.3 is 0 Å². The third kappa shape index (κ3) is 0.809. The number of pyridine rings is 1. The van der Waals surface area contributed by atoms with Gasteiger partial charge in [0.1, 0.15) is 5.82 Å².